The molecule has 0 N–H and O–H groups in total. The molecule has 0 aliphatic heterocycles. The maximum Gasteiger partial charge on any atom is 0.163 e. The molecule has 0 fully saturated rings. The number of ketones is 1. The first-order chi connectivity index (χ1) is 7.63. The summed E-state index contributed by atoms with van der Waals surface area (Å²) in [7, 11) is 0. The lowest BCUT2D eigenvalue weighted by Crippen LogP contribution is -2.06. The molecule has 1 aromatic rings. The second-order valence-corrected chi connectivity index (χ2v) is 3.82. The number of carbonyl (C=O) groups is 1. The highest BCUT2D eigenvalue weighted by Gasteiger charge is 2.06. The molecule has 0 heterocycles. The van der Waals surface area contributed by atoms with Crippen molar-refractivity contribution in [2.45, 2.75) is 32.8 Å². The van der Waals surface area contributed by atoms with Gasteiger partial charge < -0.3 is 4.74 Å². The SMILES string of the molecule is C#CCCC(=O)c1cccc(OC(C)C)c1. The van der Waals surface area contributed by atoms with Gasteiger partial charge in [-0.15, -0.1) is 12.3 Å². The van der Waals surface area contributed by atoms with Gasteiger partial charge in [0, 0.05) is 18.4 Å². The zero-order valence-electron chi connectivity index (χ0n) is 9.69. The van der Waals surface area contributed by atoms with Gasteiger partial charge in [0.15, 0.2) is 5.78 Å². The van der Waals surface area contributed by atoms with Crippen LogP contribution in [0.5, 0.6) is 5.75 Å². The van der Waals surface area contributed by atoms with Crippen LogP contribution >= 0.6 is 0 Å². The van der Waals surface area contributed by atoms with Gasteiger partial charge >= 0.3 is 0 Å². The van der Waals surface area contributed by atoms with Crippen LogP contribution in [0.4, 0.5) is 0 Å². The van der Waals surface area contributed by atoms with Crippen LogP contribution in [0.3, 0.4) is 0 Å². The Bertz CT molecular complexity index is 399. The lowest BCUT2D eigenvalue weighted by Gasteiger charge is -2.10. The van der Waals surface area contributed by atoms with E-state index in [1.807, 2.05) is 26.0 Å². The van der Waals surface area contributed by atoms with Crippen molar-refractivity contribution in [3.8, 4) is 18.1 Å². The van der Waals surface area contributed by atoms with Crippen LogP contribution in [-0.4, -0.2) is 11.9 Å². The Hall–Kier alpha value is -1.75. The monoisotopic (exact) mass is 216 g/mol. The van der Waals surface area contributed by atoms with Crippen LogP contribution < -0.4 is 4.74 Å². The smallest absolute Gasteiger partial charge is 0.163 e. The molecule has 0 amide bonds. The molecule has 0 unspecified atom stereocenters. The molecular weight excluding hydrogens is 200 g/mol. The van der Waals surface area contributed by atoms with Crippen LogP contribution in [0.15, 0.2) is 24.3 Å². The predicted molar refractivity (Wildman–Crippen MR) is 64.6 cm³/mol. The molecule has 0 saturated carbocycles. The van der Waals surface area contributed by atoms with E-state index in [9.17, 15) is 4.79 Å². The highest BCUT2D eigenvalue weighted by Crippen LogP contribution is 2.16. The van der Waals surface area contributed by atoms with E-state index in [2.05, 4.69) is 5.92 Å². The minimum atomic E-state index is 0.0622. The summed E-state index contributed by atoms with van der Waals surface area (Å²) in [5.74, 6) is 3.25. The van der Waals surface area contributed by atoms with Crippen LogP contribution in [0.25, 0.3) is 0 Å². The molecule has 0 aromatic heterocycles. The molecule has 0 bridgehead atoms. The summed E-state index contributed by atoms with van der Waals surface area (Å²) < 4.78 is 5.52. The lowest BCUT2D eigenvalue weighted by atomic mass is 10.1. The molecule has 2 heteroatoms. The summed E-state index contributed by atoms with van der Waals surface area (Å²) in [5, 5.41) is 0. The minimum absolute atomic E-state index is 0.0622. The van der Waals surface area contributed by atoms with Crippen molar-refractivity contribution in [1.82, 2.24) is 0 Å². The van der Waals surface area contributed by atoms with Crippen LogP contribution in [0.1, 0.15) is 37.0 Å². The van der Waals surface area contributed by atoms with Crippen molar-refractivity contribution >= 4 is 5.78 Å². The molecule has 2 nitrogen and oxygen atoms in total. The predicted octanol–water partition coefficient (Wildman–Crippen LogP) is 3.07. The van der Waals surface area contributed by atoms with E-state index in [0.717, 1.165) is 5.75 Å². The Labute approximate surface area is 96.6 Å². The van der Waals surface area contributed by atoms with Gasteiger partial charge in [-0.05, 0) is 26.0 Å². The van der Waals surface area contributed by atoms with Gasteiger partial charge in [-0.1, -0.05) is 12.1 Å². The lowest BCUT2D eigenvalue weighted by molar-refractivity contribution is 0.0983. The van der Waals surface area contributed by atoms with Crippen molar-refractivity contribution < 1.29 is 9.53 Å². The number of benzene rings is 1. The molecule has 1 aromatic carbocycles. The zero-order valence-corrected chi connectivity index (χ0v) is 9.69. The normalized spacial score (nSPS) is 9.88. The minimum Gasteiger partial charge on any atom is -0.491 e. The average Bonchev–Trinajstić information content (AvgIpc) is 2.25. The van der Waals surface area contributed by atoms with Crippen molar-refractivity contribution in [2.24, 2.45) is 0 Å². The number of hydrogen-bond acceptors (Lipinski definition) is 2. The van der Waals surface area contributed by atoms with E-state index in [-0.39, 0.29) is 11.9 Å². The molecule has 0 aliphatic carbocycles. The third-order valence-electron chi connectivity index (χ3n) is 2.02. The van der Waals surface area contributed by atoms with Gasteiger partial charge in [-0.25, -0.2) is 0 Å². The van der Waals surface area contributed by atoms with E-state index >= 15 is 0 Å². The Morgan fingerprint density at radius 3 is 2.88 bits per heavy atom. The summed E-state index contributed by atoms with van der Waals surface area (Å²) in [6, 6.07) is 7.21. The first-order valence-electron chi connectivity index (χ1n) is 5.37. The number of ether oxygens (including phenoxy) is 1. The van der Waals surface area contributed by atoms with Gasteiger partial charge in [-0.3, -0.25) is 4.79 Å². The fourth-order valence-electron chi connectivity index (χ4n) is 1.35. The standard InChI is InChI=1S/C14H16O2/c1-4-5-9-14(15)12-7-6-8-13(10-12)16-11(2)3/h1,6-8,10-11H,5,9H2,2-3H3. The first kappa shape index (κ1) is 12.3. The highest BCUT2D eigenvalue weighted by atomic mass is 16.5. The van der Waals surface area contributed by atoms with Crippen LogP contribution in [-0.2, 0) is 0 Å². The fourth-order valence-corrected chi connectivity index (χ4v) is 1.35. The highest BCUT2D eigenvalue weighted by molar-refractivity contribution is 5.96. The van der Waals surface area contributed by atoms with Gasteiger partial charge in [0.25, 0.3) is 0 Å². The van der Waals surface area contributed by atoms with Gasteiger partial charge in [0.2, 0.25) is 0 Å². The largest absolute Gasteiger partial charge is 0.491 e. The molecular formula is C14H16O2. The Balaban J connectivity index is 2.74. The molecule has 0 spiro atoms. The van der Waals surface area contributed by atoms with E-state index in [4.69, 9.17) is 11.2 Å². The van der Waals surface area contributed by atoms with E-state index < -0.39 is 0 Å². The van der Waals surface area contributed by atoms with Gasteiger partial charge in [0.05, 0.1) is 6.10 Å². The molecule has 0 radical (unpaired) electrons. The first-order valence-corrected chi connectivity index (χ1v) is 5.37. The molecule has 0 atom stereocenters. The fraction of sp³-hybridized carbons (Fsp3) is 0.357. The number of carbonyl (C=O) groups excluding carboxylic acids is 1. The zero-order chi connectivity index (χ0) is 12.0. The number of Topliss-reactive ketones (excluding diaryl/α,β-unsaturated/α-hetero) is 1. The Kier molecular flexibility index (Phi) is 4.60. The Morgan fingerprint density at radius 2 is 2.25 bits per heavy atom. The summed E-state index contributed by atoms with van der Waals surface area (Å²) >= 11 is 0. The third kappa shape index (κ3) is 3.78. The second-order valence-electron chi connectivity index (χ2n) is 3.82. The molecule has 16 heavy (non-hydrogen) atoms. The molecule has 1 rings (SSSR count). The summed E-state index contributed by atoms with van der Waals surface area (Å²) in [5.41, 5.74) is 0.661. The molecule has 84 valence electrons. The van der Waals surface area contributed by atoms with Crippen molar-refractivity contribution in [2.75, 3.05) is 0 Å². The van der Waals surface area contributed by atoms with E-state index in [0.29, 0.717) is 18.4 Å². The van der Waals surface area contributed by atoms with Gasteiger partial charge in [0.1, 0.15) is 5.75 Å². The number of rotatable bonds is 5. The summed E-state index contributed by atoms with van der Waals surface area (Å²) in [6.07, 6.45) is 6.10. The summed E-state index contributed by atoms with van der Waals surface area (Å²) in [4.78, 5) is 11.7. The second kappa shape index (κ2) is 5.97. The maximum absolute atomic E-state index is 11.7. The average molecular weight is 216 g/mol. The topological polar surface area (TPSA) is 26.3 Å². The van der Waals surface area contributed by atoms with Crippen molar-refractivity contribution in [1.29, 1.82) is 0 Å². The van der Waals surface area contributed by atoms with Crippen molar-refractivity contribution in [3.05, 3.63) is 29.8 Å². The summed E-state index contributed by atoms with van der Waals surface area (Å²) in [6.45, 7) is 3.90. The van der Waals surface area contributed by atoms with E-state index in [1.54, 1.807) is 12.1 Å². The Morgan fingerprint density at radius 1 is 1.50 bits per heavy atom. The van der Waals surface area contributed by atoms with Gasteiger partial charge in [-0.2, -0.15) is 0 Å². The number of terminal acetylenes is 1. The number of hydrogen-bond donors (Lipinski definition) is 0. The van der Waals surface area contributed by atoms with Crippen LogP contribution in [0, 0.1) is 12.3 Å². The molecule has 0 aliphatic rings. The van der Waals surface area contributed by atoms with E-state index in [1.165, 1.54) is 0 Å². The molecule has 0 saturated heterocycles. The quantitative estimate of drug-likeness (QED) is 0.558. The third-order valence-corrected chi connectivity index (χ3v) is 2.02. The van der Waals surface area contributed by atoms with Crippen LogP contribution in [0.2, 0.25) is 0 Å². The van der Waals surface area contributed by atoms with Crippen molar-refractivity contribution in [3.63, 3.8) is 0 Å². The maximum atomic E-state index is 11.7.